The minimum atomic E-state index is -0.389. The zero-order chi connectivity index (χ0) is 16.1. The van der Waals surface area contributed by atoms with Crippen LogP contribution in [0.3, 0.4) is 0 Å². The molecular formula is C19H21NO3. The number of nitrogens with zero attached hydrogens (tertiary/aromatic N) is 1. The van der Waals surface area contributed by atoms with Crippen LogP contribution < -0.4 is 4.90 Å². The molecule has 0 radical (unpaired) electrons. The van der Waals surface area contributed by atoms with Crippen molar-refractivity contribution < 1.29 is 14.3 Å². The molecule has 1 heterocycles. The molecule has 1 aliphatic rings. The van der Waals surface area contributed by atoms with Gasteiger partial charge in [0.25, 0.3) is 0 Å². The quantitative estimate of drug-likeness (QED) is 0.814. The minimum Gasteiger partial charge on any atom is -0.468 e. The molecule has 1 saturated heterocycles. The van der Waals surface area contributed by atoms with E-state index in [0.717, 1.165) is 43.1 Å². The number of carbonyl (C=O) groups is 1. The number of morpholine rings is 1. The van der Waals surface area contributed by atoms with Crippen LogP contribution in [0.15, 0.2) is 54.6 Å². The molecule has 4 nitrogen and oxygen atoms in total. The van der Waals surface area contributed by atoms with Crippen molar-refractivity contribution in [1.29, 1.82) is 0 Å². The van der Waals surface area contributed by atoms with Crippen molar-refractivity contribution in [2.75, 3.05) is 38.3 Å². The lowest BCUT2D eigenvalue weighted by Gasteiger charge is -2.29. The van der Waals surface area contributed by atoms with E-state index in [2.05, 4.69) is 17.0 Å². The summed E-state index contributed by atoms with van der Waals surface area (Å²) in [5, 5.41) is 0. The second kappa shape index (κ2) is 7.29. The third-order valence-corrected chi connectivity index (χ3v) is 4.17. The van der Waals surface area contributed by atoms with Gasteiger partial charge in [0.05, 0.1) is 20.3 Å². The normalized spacial score (nSPS) is 16.0. The highest BCUT2D eigenvalue weighted by Crippen LogP contribution is 2.28. The first-order valence-corrected chi connectivity index (χ1v) is 7.85. The fourth-order valence-electron chi connectivity index (χ4n) is 2.93. The Hall–Kier alpha value is -2.33. The van der Waals surface area contributed by atoms with Gasteiger partial charge < -0.3 is 14.4 Å². The molecule has 0 aliphatic carbocycles. The van der Waals surface area contributed by atoms with Crippen molar-refractivity contribution in [1.82, 2.24) is 0 Å². The van der Waals surface area contributed by atoms with Gasteiger partial charge in [0.15, 0.2) is 0 Å². The van der Waals surface area contributed by atoms with Crippen LogP contribution in [0.2, 0.25) is 0 Å². The second-order valence-corrected chi connectivity index (χ2v) is 5.56. The number of benzene rings is 2. The van der Waals surface area contributed by atoms with Gasteiger partial charge in [-0.3, -0.25) is 4.79 Å². The molecule has 120 valence electrons. The molecule has 2 aromatic rings. The SMILES string of the molecule is COC(=O)C(c1ccccc1)c1ccc(N2CCOCC2)cc1. The molecule has 2 aromatic carbocycles. The van der Waals surface area contributed by atoms with Gasteiger partial charge in [0.1, 0.15) is 5.92 Å². The third kappa shape index (κ3) is 3.54. The van der Waals surface area contributed by atoms with Crippen LogP contribution in [0, 0.1) is 0 Å². The smallest absolute Gasteiger partial charge is 0.317 e. The lowest BCUT2D eigenvalue weighted by atomic mass is 9.91. The summed E-state index contributed by atoms with van der Waals surface area (Å²) >= 11 is 0. The predicted molar refractivity (Wildman–Crippen MR) is 89.8 cm³/mol. The van der Waals surface area contributed by atoms with Gasteiger partial charge in [-0.25, -0.2) is 0 Å². The Kier molecular flexibility index (Phi) is 4.93. The molecule has 3 rings (SSSR count). The van der Waals surface area contributed by atoms with Crippen molar-refractivity contribution in [2.45, 2.75) is 5.92 Å². The second-order valence-electron chi connectivity index (χ2n) is 5.56. The zero-order valence-corrected chi connectivity index (χ0v) is 13.3. The van der Waals surface area contributed by atoms with Gasteiger partial charge in [0.2, 0.25) is 0 Å². The van der Waals surface area contributed by atoms with Crippen molar-refractivity contribution in [3.05, 3.63) is 65.7 Å². The molecule has 1 aliphatic heterocycles. The van der Waals surface area contributed by atoms with Crippen molar-refractivity contribution >= 4 is 11.7 Å². The van der Waals surface area contributed by atoms with Gasteiger partial charge >= 0.3 is 5.97 Å². The summed E-state index contributed by atoms with van der Waals surface area (Å²) in [7, 11) is 1.43. The van der Waals surface area contributed by atoms with E-state index in [1.54, 1.807) is 0 Å². The molecule has 0 spiro atoms. The van der Waals surface area contributed by atoms with E-state index in [0.29, 0.717) is 0 Å². The Balaban J connectivity index is 1.86. The Morgan fingerprint density at radius 2 is 1.61 bits per heavy atom. The number of methoxy groups -OCH3 is 1. The highest BCUT2D eigenvalue weighted by atomic mass is 16.5. The topological polar surface area (TPSA) is 38.8 Å². The summed E-state index contributed by atoms with van der Waals surface area (Å²) < 4.78 is 10.4. The number of ether oxygens (including phenoxy) is 2. The minimum absolute atomic E-state index is 0.240. The molecule has 0 saturated carbocycles. The predicted octanol–water partition coefficient (Wildman–Crippen LogP) is 2.83. The Morgan fingerprint density at radius 1 is 1.00 bits per heavy atom. The number of carbonyl (C=O) groups excluding carboxylic acids is 1. The molecule has 0 bridgehead atoms. The Labute approximate surface area is 136 Å². The van der Waals surface area contributed by atoms with Crippen LogP contribution >= 0.6 is 0 Å². The number of hydrogen-bond donors (Lipinski definition) is 0. The standard InChI is InChI=1S/C19H21NO3/c1-22-19(21)18(15-5-3-2-4-6-15)16-7-9-17(10-8-16)20-11-13-23-14-12-20/h2-10,18H,11-14H2,1H3. The number of anilines is 1. The van der Waals surface area contributed by atoms with E-state index >= 15 is 0 Å². The van der Waals surface area contributed by atoms with E-state index in [9.17, 15) is 4.79 Å². The summed E-state index contributed by atoms with van der Waals surface area (Å²) in [5.41, 5.74) is 3.05. The average molecular weight is 311 g/mol. The maximum Gasteiger partial charge on any atom is 0.317 e. The van der Waals surface area contributed by atoms with Gasteiger partial charge in [-0.15, -0.1) is 0 Å². The highest BCUT2D eigenvalue weighted by molar-refractivity contribution is 5.82. The summed E-state index contributed by atoms with van der Waals surface area (Å²) in [6.07, 6.45) is 0. The van der Waals surface area contributed by atoms with Gasteiger partial charge in [-0.2, -0.15) is 0 Å². The largest absolute Gasteiger partial charge is 0.468 e. The van der Waals surface area contributed by atoms with Crippen LogP contribution in [-0.4, -0.2) is 39.4 Å². The maximum absolute atomic E-state index is 12.3. The lowest BCUT2D eigenvalue weighted by Crippen LogP contribution is -2.36. The van der Waals surface area contributed by atoms with Gasteiger partial charge in [0, 0.05) is 18.8 Å². The van der Waals surface area contributed by atoms with Crippen LogP contribution in [0.5, 0.6) is 0 Å². The molecule has 23 heavy (non-hydrogen) atoms. The van der Waals surface area contributed by atoms with E-state index in [1.165, 1.54) is 7.11 Å². The Bertz CT molecular complexity index is 633. The van der Waals surface area contributed by atoms with Crippen LogP contribution in [-0.2, 0) is 14.3 Å². The van der Waals surface area contributed by atoms with Gasteiger partial charge in [-0.1, -0.05) is 42.5 Å². The van der Waals surface area contributed by atoms with Crippen LogP contribution in [0.4, 0.5) is 5.69 Å². The first kappa shape index (κ1) is 15.6. The maximum atomic E-state index is 12.3. The van der Waals surface area contributed by atoms with Crippen molar-refractivity contribution in [2.24, 2.45) is 0 Å². The molecule has 1 unspecified atom stereocenters. The molecule has 0 aromatic heterocycles. The summed E-state index contributed by atoms with van der Waals surface area (Å²) in [5.74, 6) is -0.629. The number of rotatable bonds is 4. The fourth-order valence-corrected chi connectivity index (χ4v) is 2.93. The molecular weight excluding hydrogens is 290 g/mol. The van der Waals surface area contributed by atoms with E-state index < -0.39 is 0 Å². The molecule has 0 amide bonds. The molecule has 1 fully saturated rings. The summed E-state index contributed by atoms with van der Waals surface area (Å²) in [6, 6.07) is 17.9. The monoisotopic (exact) mass is 311 g/mol. The first-order valence-electron chi connectivity index (χ1n) is 7.85. The lowest BCUT2D eigenvalue weighted by molar-refractivity contribution is -0.141. The zero-order valence-electron chi connectivity index (χ0n) is 13.3. The molecule has 4 heteroatoms. The van der Waals surface area contributed by atoms with Crippen molar-refractivity contribution in [3.8, 4) is 0 Å². The number of hydrogen-bond acceptors (Lipinski definition) is 4. The van der Waals surface area contributed by atoms with E-state index in [1.807, 2.05) is 42.5 Å². The average Bonchev–Trinajstić information content (AvgIpc) is 2.64. The van der Waals surface area contributed by atoms with Crippen LogP contribution in [0.1, 0.15) is 17.0 Å². The number of esters is 1. The van der Waals surface area contributed by atoms with E-state index in [4.69, 9.17) is 9.47 Å². The van der Waals surface area contributed by atoms with E-state index in [-0.39, 0.29) is 11.9 Å². The fraction of sp³-hybridized carbons (Fsp3) is 0.316. The Morgan fingerprint density at radius 3 is 2.22 bits per heavy atom. The molecule has 0 N–H and O–H groups in total. The first-order chi connectivity index (χ1) is 11.3. The third-order valence-electron chi connectivity index (χ3n) is 4.17. The summed E-state index contributed by atoms with van der Waals surface area (Å²) in [4.78, 5) is 14.5. The summed E-state index contributed by atoms with van der Waals surface area (Å²) in [6.45, 7) is 3.32. The van der Waals surface area contributed by atoms with Crippen LogP contribution in [0.25, 0.3) is 0 Å². The highest BCUT2D eigenvalue weighted by Gasteiger charge is 2.23. The van der Waals surface area contributed by atoms with Gasteiger partial charge in [-0.05, 0) is 23.3 Å². The molecule has 1 atom stereocenters. The van der Waals surface area contributed by atoms with Crippen molar-refractivity contribution in [3.63, 3.8) is 0 Å².